The number of rotatable bonds is 6. The Labute approximate surface area is 174 Å². The molecule has 0 aliphatic heterocycles. The fourth-order valence-corrected chi connectivity index (χ4v) is 3.82. The third kappa shape index (κ3) is 7.03. The number of sulfonamides is 1. The molecule has 0 unspecified atom stereocenters. The first kappa shape index (κ1) is 23.2. The molecule has 3 N–H and O–H groups in total. The zero-order valence-corrected chi connectivity index (χ0v) is 18.9. The van der Waals surface area contributed by atoms with Crippen LogP contribution in [0.2, 0.25) is 0 Å². The molecule has 26 heavy (non-hydrogen) atoms. The molecule has 1 fully saturated rings. The molecule has 1 aromatic rings. The summed E-state index contributed by atoms with van der Waals surface area (Å²) < 4.78 is 26.2. The van der Waals surface area contributed by atoms with Gasteiger partial charge in [-0.1, -0.05) is 19.1 Å². The number of guanidine groups is 1. The minimum absolute atomic E-state index is 0. The molecule has 1 aliphatic rings. The van der Waals surface area contributed by atoms with Crippen molar-refractivity contribution in [3.63, 3.8) is 0 Å². The lowest BCUT2D eigenvalue weighted by molar-refractivity contribution is 0.329. The number of nitrogens with zero attached hydrogens (tertiary/aromatic N) is 1. The predicted molar refractivity (Wildman–Crippen MR) is 117 cm³/mol. The van der Waals surface area contributed by atoms with Crippen LogP contribution in [0.25, 0.3) is 0 Å². The van der Waals surface area contributed by atoms with E-state index in [-0.39, 0.29) is 28.9 Å². The zero-order chi connectivity index (χ0) is 18.3. The van der Waals surface area contributed by atoms with Gasteiger partial charge in [-0.25, -0.2) is 18.1 Å². The Morgan fingerprint density at radius 2 is 1.92 bits per heavy atom. The third-order valence-corrected chi connectivity index (χ3v) is 6.01. The van der Waals surface area contributed by atoms with Crippen molar-refractivity contribution in [1.82, 2.24) is 15.4 Å². The molecule has 1 saturated carbocycles. The molecule has 8 heteroatoms. The van der Waals surface area contributed by atoms with Gasteiger partial charge in [0.2, 0.25) is 10.0 Å². The molecule has 0 spiro atoms. The van der Waals surface area contributed by atoms with Crippen LogP contribution in [0.3, 0.4) is 0 Å². The average molecular weight is 494 g/mol. The first-order chi connectivity index (χ1) is 11.9. The number of benzene rings is 1. The maximum atomic E-state index is 11.9. The molecule has 1 aliphatic carbocycles. The van der Waals surface area contributed by atoms with Gasteiger partial charge in [0, 0.05) is 12.6 Å². The van der Waals surface area contributed by atoms with Gasteiger partial charge in [-0.3, -0.25) is 0 Å². The number of aliphatic imine (C=N–C) groups is 1. The monoisotopic (exact) mass is 494 g/mol. The summed E-state index contributed by atoms with van der Waals surface area (Å²) in [7, 11) is -2.01. The highest BCUT2D eigenvalue weighted by Crippen LogP contribution is 2.23. The molecule has 1 aromatic carbocycles. The molecule has 6 nitrogen and oxygen atoms in total. The van der Waals surface area contributed by atoms with Crippen LogP contribution in [0.1, 0.15) is 45.1 Å². The quantitative estimate of drug-likeness (QED) is 0.323. The SMILES string of the molecule is CCNC(=NCc1cccc(S(=O)(=O)NC)c1)NC1CCC(C)CC1.I. The fraction of sp³-hybridized carbons (Fsp3) is 0.611. The van der Waals surface area contributed by atoms with Gasteiger partial charge < -0.3 is 10.6 Å². The molecule has 0 atom stereocenters. The fourth-order valence-electron chi connectivity index (χ4n) is 3.02. The van der Waals surface area contributed by atoms with E-state index in [1.807, 2.05) is 13.0 Å². The van der Waals surface area contributed by atoms with Gasteiger partial charge in [0.15, 0.2) is 5.96 Å². The Kier molecular flexibility index (Phi) is 9.88. The maximum Gasteiger partial charge on any atom is 0.240 e. The van der Waals surface area contributed by atoms with Crippen molar-refractivity contribution in [3.8, 4) is 0 Å². The molecular weight excluding hydrogens is 463 g/mol. The van der Waals surface area contributed by atoms with E-state index < -0.39 is 10.0 Å². The summed E-state index contributed by atoms with van der Waals surface area (Å²) in [5.74, 6) is 1.61. The van der Waals surface area contributed by atoms with Gasteiger partial charge in [-0.2, -0.15) is 0 Å². The van der Waals surface area contributed by atoms with Crippen molar-refractivity contribution in [2.75, 3.05) is 13.6 Å². The van der Waals surface area contributed by atoms with Gasteiger partial charge in [-0.05, 0) is 63.3 Å². The van der Waals surface area contributed by atoms with Gasteiger partial charge in [0.1, 0.15) is 0 Å². The Morgan fingerprint density at radius 1 is 1.23 bits per heavy atom. The van der Waals surface area contributed by atoms with Gasteiger partial charge in [0.25, 0.3) is 0 Å². The Morgan fingerprint density at radius 3 is 2.54 bits per heavy atom. The van der Waals surface area contributed by atoms with E-state index in [9.17, 15) is 8.42 Å². The highest BCUT2D eigenvalue weighted by Gasteiger charge is 2.19. The second-order valence-electron chi connectivity index (χ2n) is 6.65. The Hall–Kier alpha value is -0.870. The van der Waals surface area contributed by atoms with Crippen LogP contribution in [0.5, 0.6) is 0 Å². The highest BCUT2D eigenvalue weighted by atomic mass is 127. The third-order valence-electron chi connectivity index (χ3n) is 4.60. The zero-order valence-electron chi connectivity index (χ0n) is 15.8. The summed E-state index contributed by atoms with van der Waals surface area (Å²) in [6.45, 7) is 5.58. The van der Waals surface area contributed by atoms with Crippen molar-refractivity contribution in [1.29, 1.82) is 0 Å². The molecule has 0 radical (unpaired) electrons. The summed E-state index contributed by atoms with van der Waals surface area (Å²) in [6, 6.07) is 7.36. The summed E-state index contributed by atoms with van der Waals surface area (Å²) >= 11 is 0. The molecule has 0 bridgehead atoms. The lowest BCUT2D eigenvalue weighted by atomic mass is 9.87. The van der Waals surface area contributed by atoms with Crippen molar-refractivity contribution in [2.24, 2.45) is 10.9 Å². The van der Waals surface area contributed by atoms with Crippen LogP contribution in [-0.4, -0.2) is 34.0 Å². The number of nitrogens with one attached hydrogen (secondary N) is 3. The molecule has 2 rings (SSSR count). The second-order valence-corrected chi connectivity index (χ2v) is 8.54. The summed E-state index contributed by atoms with van der Waals surface area (Å²) in [4.78, 5) is 4.89. The molecule has 0 saturated heterocycles. The number of halogens is 1. The minimum atomic E-state index is -3.43. The minimum Gasteiger partial charge on any atom is -0.357 e. The van der Waals surface area contributed by atoms with Crippen LogP contribution in [0.15, 0.2) is 34.2 Å². The molecule has 0 aromatic heterocycles. The van der Waals surface area contributed by atoms with E-state index in [2.05, 4.69) is 27.3 Å². The Bertz CT molecular complexity index is 686. The van der Waals surface area contributed by atoms with E-state index >= 15 is 0 Å². The summed E-state index contributed by atoms with van der Waals surface area (Å²) in [6.07, 6.45) is 4.84. The predicted octanol–water partition coefficient (Wildman–Crippen LogP) is 2.85. The van der Waals surface area contributed by atoms with E-state index in [1.54, 1.807) is 18.2 Å². The molecule has 148 valence electrons. The van der Waals surface area contributed by atoms with E-state index in [0.29, 0.717) is 12.6 Å². The molecular formula is C18H31IN4O2S. The van der Waals surface area contributed by atoms with Crippen molar-refractivity contribution < 1.29 is 8.42 Å². The van der Waals surface area contributed by atoms with Crippen LogP contribution in [-0.2, 0) is 16.6 Å². The first-order valence-corrected chi connectivity index (χ1v) is 10.5. The highest BCUT2D eigenvalue weighted by molar-refractivity contribution is 14.0. The largest absolute Gasteiger partial charge is 0.357 e. The Balaban J connectivity index is 0.00000338. The van der Waals surface area contributed by atoms with E-state index in [1.165, 1.54) is 32.7 Å². The van der Waals surface area contributed by atoms with E-state index in [0.717, 1.165) is 24.0 Å². The van der Waals surface area contributed by atoms with Crippen LogP contribution in [0, 0.1) is 5.92 Å². The smallest absolute Gasteiger partial charge is 0.240 e. The van der Waals surface area contributed by atoms with Gasteiger partial charge in [-0.15, -0.1) is 24.0 Å². The average Bonchev–Trinajstić information content (AvgIpc) is 2.62. The summed E-state index contributed by atoms with van der Waals surface area (Å²) in [5, 5.41) is 6.79. The van der Waals surface area contributed by atoms with Gasteiger partial charge >= 0.3 is 0 Å². The summed E-state index contributed by atoms with van der Waals surface area (Å²) in [5.41, 5.74) is 0.866. The topological polar surface area (TPSA) is 82.6 Å². The number of hydrogen-bond donors (Lipinski definition) is 3. The van der Waals surface area contributed by atoms with E-state index in [4.69, 9.17) is 0 Å². The van der Waals surface area contributed by atoms with Crippen LogP contribution in [0.4, 0.5) is 0 Å². The van der Waals surface area contributed by atoms with Crippen LogP contribution >= 0.6 is 24.0 Å². The van der Waals surface area contributed by atoms with Crippen molar-refractivity contribution >= 4 is 40.0 Å². The van der Waals surface area contributed by atoms with Crippen molar-refractivity contribution in [2.45, 2.75) is 57.0 Å². The second kappa shape index (κ2) is 11.1. The molecule has 0 amide bonds. The standard InChI is InChI=1S/C18H30N4O2S.HI/c1-4-20-18(22-16-10-8-14(2)9-11-16)21-13-15-6-5-7-17(12-15)25(23,24)19-3;/h5-7,12,14,16,19H,4,8-11,13H2,1-3H3,(H2,20,21,22);1H. The maximum absolute atomic E-state index is 11.9. The normalized spacial score (nSPS) is 21.0. The van der Waals surface area contributed by atoms with Crippen molar-refractivity contribution in [3.05, 3.63) is 29.8 Å². The van der Waals surface area contributed by atoms with Gasteiger partial charge in [0.05, 0.1) is 11.4 Å². The lowest BCUT2D eigenvalue weighted by Crippen LogP contribution is -2.44. The first-order valence-electron chi connectivity index (χ1n) is 9.02. The lowest BCUT2D eigenvalue weighted by Gasteiger charge is -2.28. The number of hydrogen-bond acceptors (Lipinski definition) is 3. The molecule has 0 heterocycles. The van der Waals surface area contributed by atoms with Crippen LogP contribution < -0.4 is 15.4 Å².